The van der Waals surface area contributed by atoms with Crippen LogP contribution in [0, 0.1) is 0 Å². The van der Waals surface area contributed by atoms with Gasteiger partial charge in [-0.05, 0) is 160 Å². The van der Waals surface area contributed by atoms with Crippen LogP contribution in [0.1, 0.15) is 61.1 Å². The van der Waals surface area contributed by atoms with E-state index in [9.17, 15) is 19.2 Å². The first-order chi connectivity index (χ1) is 40.6. The lowest BCUT2D eigenvalue weighted by atomic mass is 10.1. The van der Waals surface area contributed by atoms with Crippen LogP contribution in [0.3, 0.4) is 0 Å². The lowest BCUT2D eigenvalue weighted by Gasteiger charge is -2.26. The lowest BCUT2D eigenvalue weighted by molar-refractivity contribution is -0.141. The normalized spacial score (nSPS) is 11.0. The van der Waals surface area contributed by atoms with Crippen LogP contribution in [0.2, 0.25) is 0 Å². The van der Waals surface area contributed by atoms with Gasteiger partial charge in [0.1, 0.15) is 26.4 Å². The third-order valence-corrected chi connectivity index (χ3v) is 12.9. The first-order valence-electron chi connectivity index (χ1n) is 28.1. The molecule has 14 nitrogen and oxygen atoms in total. The third-order valence-electron chi connectivity index (χ3n) is 12.9. The van der Waals surface area contributed by atoms with E-state index in [-0.39, 0.29) is 26.4 Å². The summed E-state index contributed by atoms with van der Waals surface area (Å²) in [5.74, 6) is -1.69. The first-order valence-corrected chi connectivity index (χ1v) is 28.1. The smallest absolute Gasteiger partial charge is 0.333 e. The summed E-state index contributed by atoms with van der Waals surface area (Å²) < 4.78 is 43.5. The van der Waals surface area contributed by atoms with Crippen molar-refractivity contribution in [1.29, 1.82) is 0 Å². The summed E-state index contributed by atoms with van der Waals surface area (Å²) in [7, 11) is 0. The molecule has 84 heavy (non-hydrogen) atoms. The Morgan fingerprint density at radius 3 is 0.679 bits per heavy atom. The topological polar surface area (TPSA) is 149 Å². The number of hydrogen-bond acceptors (Lipinski definition) is 14. The van der Waals surface area contributed by atoms with Crippen LogP contribution in [0.15, 0.2) is 194 Å². The number of carbonyl (C=O) groups excluding carboxylic acids is 4. The van der Waals surface area contributed by atoms with E-state index in [1.54, 1.807) is 27.7 Å². The fourth-order valence-electron chi connectivity index (χ4n) is 8.24. The molecule has 0 spiro atoms. The molecule has 0 N–H and O–H groups in total. The van der Waals surface area contributed by atoms with E-state index in [1.807, 2.05) is 0 Å². The summed E-state index contributed by atoms with van der Waals surface area (Å²) >= 11 is 0. The largest absolute Gasteiger partial charge is 0.460 e. The molecule has 6 rings (SSSR count). The SMILES string of the molecule is C=C(C)C(=O)OCCOCCc1ccc(N(c2ccc(C=Cc3ccc(N(c4ccc(CCOCCOC(=O)C(=C)C)cc4)c4ccc(CCOCCOC(=O)C(=C)C)cc4)cc3)cc2)c2ccc(CCOCCOC(=O)C(=C)C)cc2)cc1. The van der Waals surface area contributed by atoms with Crippen LogP contribution >= 0.6 is 0 Å². The molecule has 0 bridgehead atoms. The molecule has 0 unspecified atom stereocenters. The van der Waals surface area contributed by atoms with Gasteiger partial charge in [0.25, 0.3) is 0 Å². The number of rotatable bonds is 36. The number of benzene rings is 6. The van der Waals surface area contributed by atoms with Gasteiger partial charge in [-0.1, -0.05) is 111 Å². The number of nitrogens with zero attached hydrogens (tertiary/aromatic N) is 2. The summed E-state index contributed by atoms with van der Waals surface area (Å²) in [6, 6.07) is 50.6. The van der Waals surface area contributed by atoms with Gasteiger partial charge < -0.3 is 47.7 Å². The van der Waals surface area contributed by atoms with Gasteiger partial charge in [0.2, 0.25) is 0 Å². The molecular formula is C70H78N2O12. The van der Waals surface area contributed by atoms with Crippen molar-refractivity contribution in [2.45, 2.75) is 53.4 Å². The molecule has 0 saturated heterocycles. The van der Waals surface area contributed by atoms with Crippen LogP contribution in [0.5, 0.6) is 0 Å². The molecule has 0 aliphatic carbocycles. The highest BCUT2D eigenvalue weighted by Crippen LogP contribution is 2.37. The number of carbonyl (C=O) groups is 4. The zero-order chi connectivity index (χ0) is 60.1. The Bertz CT molecular complexity index is 2760. The van der Waals surface area contributed by atoms with Crippen molar-refractivity contribution >= 4 is 70.2 Å². The molecule has 0 aliphatic rings. The molecule has 0 aromatic heterocycles. The zero-order valence-corrected chi connectivity index (χ0v) is 48.9. The lowest BCUT2D eigenvalue weighted by Crippen LogP contribution is -2.12. The Hall–Kier alpha value is -8.66. The van der Waals surface area contributed by atoms with Crippen LogP contribution in [-0.4, -0.2) is 103 Å². The maximum absolute atomic E-state index is 11.7. The van der Waals surface area contributed by atoms with Crippen molar-refractivity contribution < 1.29 is 57.1 Å². The minimum atomic E-state index is -0.423. The maximum atomic E-state index is 11.7. The molecule has 0 aliphatic heterocycles. The second kappa shape index (κ2) is 34.7. The van der Waals surface area contributed by atoms with E-state index < -0.39 is 23.9 Å². The van der Waals surface area contributed by atoms with Crippen LogP contribution in [-0.2, 0) is 82.8 Å². The Balaban J connectivity index is 1.14. The summed E-state index contributed by atoms with van der Waals surface area (Å²) in [5.41, 5.74) is 13.9. The predicted octanol–water partition coefficient (Wildman–Crippen LogP) is 13.5. The Kier molecular flexibility index (Phi) is 26.7. The molecule has 0 fully saturated rings. The molecule has 0 radical (unpaired) electrons. The van der Waals surface area contributed by atoms with Crippen molar-refractivity contribution in [2.75, 3.05) is 89.1 Å². The van der Waals surface area contributed by atoms with E-state index in [0.717, 1.165) is 67.5 Å². The quantitative estimate of drug-likeness (QED) is 0.0121. The minimum Gasteiger partial charge on any atom is -0.460 e. The molecule has 0 heterocycles. The monoisotopic (exact) mass is 1140 g/mol. The van der Waals surface area contributed by atoms with Gasteiger partial charge in [-0.25, -0.2) is 19.2 Å². The van der Waals surface area contributed by atoms with E-state index in [0.29, 0.717) is 101 Å². The van der Waals surface area contributed by atoms with Gasteiger partial charge in [-0.15, -0.1) is 0 Å². The van der Waals surface area contributed by atoms with E-state index in [1.165, 1.54) is 0 Å². The number of esters is 4. The first kappa shape index (κ1) is 64.5. The van der Waals surface area contributed by atoms with Gasteiger partial charge in [-0.3, -0.25) is 0 Å². The summed E-state index contributed by atoms with van der Waals surface area (Å²) in [6.45, 7) is 24.8. The van der Waals surface area contributed by atoms with Gasteiger partial charge in [0.15, 0.2) is 0 Å². The second-order valence-electron chi connectivity index (χ2n) is 20.0. The molecule has 0 saturated carbocycles. The molecule has 6 aromatic carbocycles. The summed E-state index contributed by atoms with van der Waals surface area (Å²) in [6.07, 6.45) is 7.01. The third kappa shape index (κ3) is 21.9. The Morgan fingerprint density at radius 1 is 0.298 bits per heavy atom. The van der Waals surface area contributed by atoms with Gasteiger partial charge in [0.05, 0.1) is 52.9 Å². The van der Waals surface area contributed by atoms with Crippen molar-refractivity contribution in [2.24, 2.45) is 0 Å². The van der Waals surface area contributed by atoms with Gasteiger partial charge in [0, 0.05) is 56.4 Å². The van der Waals surface area contributed by atoms with E-state index in [4.69, 9.17) is 37.9 Å². The number of hydrogen-bond donors (Lipinski definition) is 0. The summed E-state index contributed by atoms with van der Waals surface area (Å²) in [4.78, 5) is 51.2. The number of ether oxygens (including phenoxy) is 8. The molecular weight excluding hydrogens is 1060 g/mol. The predicted molar refractivity (Wildman–Crippen MR) is 332 cm³/mol. The van der Waals surface area contributed by atoms with Crippen molar-refractivity contribution in [1.82, 2.24) is 0 Å². The minimum absolute atomic E-state index is 0.175. The molecule has 14 heteroatoms. The van der Waals surface area contributed by atoms with Crippen molar-refractivity contribution in [3.05, 3.63) is 228 Å². The Labute approximate surface area is 495 Å². The van der Waals surface area contributed by atoms with Crippen molar-refractivity contribution in [3.8, 4) is 0 Å². The average molecular weight is 1140 g/mol. The fourth-order valence-corrected chi connectivity index (χ4v) is 8.24. The van der Waals surface area contributed by atoms with Crippen molar-refractivity contribution in [3.63, 3.8) is 0 Å². The summed E-state index contributed by atoms with van der Waals surface area (Å²) in [5, 5.41) is 0. The number of anilines is 6. The van der Waals surface area contributed by atoms with Gasteiger partial charge >= 0.3 is 23.9 Å². The second-order valence-corrected chi connectivity index (χ2v) is 20.0. The van der Waals surface area contributed by atoms with E-state index >= 15 is 0 Å². The van der Waals surface area contributed by atoms with Crippen LogP contribution < -0.4 is 9.80 Å². The fraction of sp³-hybridized carbons (Fsp3) is 0.286. The Morgan fingerprint density at radius 2 is 0.488 bits per heavy atom. The molecule has 6 aromatic rings. The highest BCUT2D eigenvalue weighted by atomic mass is 16.6. The molecule has 0 amide bonds. The van der Waals surface area contributed by atoms with Gasteiger partial charge in [-0.2, -0.15) is 0 Å². The zero-order valence-electron chi connectivity index (χ0n) is 48.9. The highest BCUT2D eigenvalue weighted by Gasteiger charge is 2.16. The van der Waals surface area contributed by atoms with Crippen LogP contribution in [0.25, 0.3) is 12.2 Å². The van der Waals surface area contributed by atoms with E-state index in [2.05, 4.69) is 194 Å². The highest BCUT2D eigenvalue weighted by molar-refractivity contribution is 5.88. The standard InChI is InChI=1S/C70H78N2O12/c1-51(2)67(73)81-47-43-77-39-35-57-15-27-63(28-16-57)71(64-29-17-58(18-30-64)36-40-78-44-48-82-68(74)52(3)4)61-23-11-55(12-24-61)9-10-56-13-25-62(26-14-56)72(65-31-19-59(20-32-65)37-41-79-45-49-83-69(75)53(5)6)66-33-21-60(22-34-66)38-42-80-46-50-84-70(76)54(7)8/h9-34H,1,3,5,7,35-50H2,2,4,6,8H3. The van der Waals surface area contributed by atoms with Crippen LogP contribution in [0.4, 0.5) is 34.1 Å². The molecule has 0 atom stereocenters. The maximum Gasteiger partial charge on any atom is 0.333 e. The average Bonchev–Trinajstić information content (AvgIpc) is 2.75. The molecule has 440 valence electrons.